The number of carbonyl (C=O) groups is 1. The van der Waals surface area contributed by atoms with Crippen LogP contribution >= 0.6 is 0 Å². The fraction of sp³-hybridized carbons (Fsp3) is 0.143. The monoisotopic (exact) mass is 260 g/mol. The van der Waals surface area contributed by atoms with Gasteiger partial charge in [-0.1, -0.05) is 6.07 Å². The van der Waals surface area contributed by atoms with Crippen LogP contribution in [0.1, 0.15) is 15.9 Å². The Morgan fingerprint density at radius 2 is 2.11 bits per heavy atom. The van der Waals surface area contributed by atoms with Crippen molar-refractivity contribution in [2.75, 3.05) is 12.4 Å². The third-order valence-corrected chi connectivity index (χ3v) is 2.56. The molecule has 0 aliphatic rings. The van der Waals surface area contributed by atoms with Crippen LogP contribution in [0.4, 0.5) is 10.2 Å². The molecule has 0 atom stereocenters. The van der Waals surface area contributed by atoms with Crippen LogP contribution in [0.15, 0.2) is 36.5 Å². The number of nitrogens with zero attached hydrogens (tertiary/aromatic N) is 1. The topological polar surface area (TPSA) is 51.2 Å². The number of hydrogen-bond donors (Lipinski definition) is 1. The smallest absolute Gasteiger partial charge is 0.260 e. The van der Waals surface area contributed by atoms with Gasteiger partial charge < -0.3 is 10.1 Å². The van der Waals surface area contributed by atoms with Gasteiger partial charge in [-0.2, -0.15) is 0 Å². The summed E-state index contributed by atoms with van der Waals surface area (Å²) in [5.41, 5.74) is 1.12. The van der Waals surface area contributed by atoms with Crippen molar-refractivity contribution in [3.05, 3.63) is 53.5 Å². The van der Waals surface area contributed by atoms with Crippen LogP contribution in [0.5, 0.6) is 5.75 Å². The van der Waals surface area contributed by atoms with E-state index >= 15 is 0 Å². The summed E-state index contributed by atoms with van der Waals surface area (Å²) < 4.78 is 18.2. The zero-order chi connectivity index (χ0) is 13.8. The fourth-order valence-electron chi connectivity index (χ4n) is 1.58. The van der Waals surface area contributed by atoms with E-state index in [-0.39, 0.29) is 5.56 Å². The highest BCUT2D eigenvalue weighted by molar-refractivity contribution is 6.05. The van der Waals surface area contributed by atoms with E-state index in [4.69, 9.17) is 4.74 Å². The molecular formula is C14H13FN2O2. The maximum absolute atomic E-state index is 13.2. The van der Waals surface area contributed by atoms with Gasteiger partial charge in [0.15, 0.2) is 0 Å². The minimum absolute atomic E-state index is 0.130. The molecule has 98 valence electrons. The number of methoxy groups -OCH3 is 1. The molecule has 1 amide bonds. The molecule has 0 spiro atoms. The Labute approximate surface area is 110 Å². The van der Waals surface area contributed by atoms with Crippen molar-refractivity contribution in [1.82, 2.24) is 4.98 Å². The van der Waals surface area contributed by atoms with Crippen LogP contribution in [0.2, 0.25) is 0 Å². The molecule has 0 unspecified atom stereocenters. The number of benzene rings is 1. The van der Waals surface area contributed by atoms with E-state index in [2.05, 4.69) is 10.3 Å². The molecule has 1 aromatic carbocycles. The summed E-state index contributed by atoms with van der Waals surface area (Å²) in [5, 5.41) is 2.59. The molecule has 1 aromatic heterocycles. The van der Waals surface area contributed by atoms with E-state index in [0.717, 1.165) is 11.6 Å². The number of aryl methyl sites for hydroxylation is 1. The molecule has 1 N–H and O–H groups in total. The van der Waals surface area contributed by atoms with Crippen molar-refractivity contribution in [3.8, 4) is 5.75 Å². The Kier molecular flexibility index (Phi) is 3.75. The first-order chi connectivity index (χ1) is 9.10. The Morgan fingerprint density at radius 3 is 2.74 bits per heavy atom. The van der Waals surface area contributed by atoms with Gasteiger partial charge in [0, 0.05) is 6.20 Å². The third-order valence-electron chi connectivity index (χ3n) is 2.56. The highest BCUT2D eigenvalue weighted by Crippen LogP contribution is 2.20. The summed E-state index contributed by atoms with van der Waals surface area (Å²) in [6.45, 7) is 1.90. The number of amides is 1. The summed E-state index contributed by atoms with van der Waals surface area (Å²) in [7, 11) is 1.42. The standard InChI is InChI=1S/C14H13FN2O2/c1-9-3-6-13(16-8-9)17-14(18)11-7-10(15)4-5-12(11)19-2/h3-8H,1-2H3,(H,16,17,18). The Morgan fingerprint density at radius 1 is 1.32 bits per heavy atom. The van der Waals surface area contributed by atoms with Crippen molar-refractivity contribution in [2.45, 2.75) is 6.92 Å². The van der Waals surface area contributed by atoms with E-state index in [0.29, 0.717) is 11.6 Å². The lowest BCUT2D eigenvalue weighted by atomic mass is 10.2. The van der Waals surface area contributed by atoms with Crippen molar-refractivity contribution >= 4 is 11.7 Å². The SMILES string of the molecule is COc1ccc(F)cc1C(=O)Nc1ccc(C)cn1. The summed E-state index contributed by atoms with van der Waals surface area (Å²) in [4.78, 5) is 16.1. The van der Waals surface area contributed by atoms with Gasteiger partial charge in [-0.25, -0.2) is 9.37 Å². The molecule has 0 fully saturated rings. The summed E-state index contributed by atoms with van der Waals surface area (Å²) in [6, 6.07) is 7.28. The van der Waals surface area contributed by atoms with Crippen molar-refractivity contribution in [3.63, 3.8) is 0 Å². The third kappa shape index (κ3) is 3.07. The normalized spacial score (nSPS) is 10.1. The molecule has 19 heavy (non-hydrogen) atoms. The van der Waals surface area contributed by atoms with Gasteiger partial charge in [-0.15, -0.1) is 0 Å². The zero-order valence-electron chi connectivity index (χ0n) is 10.6. The van der Waals surface area contributed by atoms with Crippen LogP contribution < -0.4 is 10.1 Å². The molecule has 4 nitrogen and oxygen atoms in total. The van der Waals surface area contributed by atoms with Gasteiger partial charge in [-0.05, 0) is 36.8 Å². The number of carbonyl (C=O) groups excluding carboxylic acids is 1. The van der Waals surface area contributed by atoms with Gasteiger partial charge in [0.2, 0.25) is 0 Å². The Hall–Kier alpha value is -2.43. The lowest BCUT2D eigenvalue weighted by molar-refractivity contribution is 0.102. The second kappa shape index (κ2) is 5.48. The molecule has 0 aliphatic carbocycles. The average Bonchev–Trinajstić information content (AvgIpc) is 2.41. The molecule has 0 aliphatic heterocycles. The molecule has 0 bridgehead atoms. The molecular weight excluding hydrogens is 247 g/mol. The van der Waals surface area contributed by atoms with Crippen molar-refractivity contribution in [1.29, 1.82) is 0 Å². The molecule has 0 saturated carbocycles. The van der Waals surface area contributed by atoms with Crippen molar-refractivity contribution in [2.24, 2.45) is 0 Å². The number of nitrogens with one attached hydrogen (secondary N) is 1. The summed E-state index contributed by atoms with van der Waals surface area (Å²) in [6.07, 6.45) is 1.64. The lowest BCUT2D eigenvalue weighted by Crippen LogP contribution is -2.14. The molecule has 1 heterocycles. The van der Waals surface area contributed by atoms with E-state index in [1.54, 1.807) is 12.3 Å². The number of aromatic nitrogens is 1. The number of anilines is 1. The first-order valence-corrected chi connectivity index (χ1v) is 5.67. The van der Waals surface area contributed by atoms with Crippen LogP contribution in [0.3, 0.4) is 0 Å². The van der Waals surface area contributed by atoms with Crippen LogP contribution in [-0.2, 0) is 0 Å². The minimum Gasteiger partial charge on any atom is -0.496 e. The zero-order valence-corrected chi connectivity index (χ0v) is 10.6. The quantitative estimate of drug-likeness (QED) is 0.923. The number of rotatable bonds is 3. The lowest BCUT2D eigenvalue weighted by Gasteiger charge is -2.09. The highest BCUT2D eigenvalue weighted by atomic mass is 19.1. The van der Waals surface area contributed by atoms with Crippen LogP contribution in [0.25, 0.3) is 0 Å². The predicted octanol–water partition coefficient (Wildman–Crippen LogP) is 2.79. The Balaban J connectivity index is 2.24. The molecule has 2 aromatic rings. The maximum atomic E-state index is 13.2. The maximum Gasteiger partial charge on any atom is 0.260 e. The first kappa shape index (κ1) is 13.0. The second-order valence-electron chi connectivity index (χ2n) is 4.02. The van der Waals surface area contributed by atoms with Crippen LogP contribution in [-0.4, -0.2) is 18.0 Å². The predicted molar refractivity (Wildman–Crippen MR) is 69.9 cm³/mol. The van der Waals surface area contributed by atoms with Crippen molar-refractivity contribution < 1.29 is 13.9 Å². The van der Waals surface area contributed by atoms with E-state index in [1.807, 2.05) is 13.0 Å². The molecule has 2 rings (SSSR count). The minimum atomic E-state index is -0.497. The number of ether oxygens (including phenoxy) is 1. The number of halogens is 1. The highest BCUT2D eigenvalue weighted by Gasteiger charge is 2.13. The second-order valence-corrected chi connectivity index (χ2v) is 4.02. The summed E-state index contributed by atoms with van der Waals surface area (Å²) >= 11 is 0. The van der Waals surface area contributed by atoms with E-state index in [1.165, 1.54) is 19.2 Å². The van der Waals surface area contributed by atoms with Gasteiger partial charge in [0.25, 0.3) is 5.91 Å². The summed E-state index contributed by atoms with van der Waals surface area (Å²) in [5.74, 6) is -0.247. The van der Waals surface area contributed by atoms with Gasteiger partial charge >= 0.3 is 0 Å². The average molecular weight is 260 g/mol. The van der Waals surface area contributed by atoms with E-state index in [9.17, 15) is 9.18 Å². The Bertz CT molecular complexity index is 597. The van der Waals surface area contributed by atoms with Gasteiger partial charge in [-0.3, -0.25) is 4.79 Å². The molecule has 0 saturated heterocycles. The number of pyridine rings is 1. The van der Waals surface area contributed by atoms with Gasteiger partial charge in [0.05, 0.1) is 12.7 Å². The first-order valence-electron chi connectivity index (χ1n) is 5.67. The van der Waals surface area contributed by atoms with Gasteiger partial charge in [0.1, 0.15) is 17.4 Å². The number of hydrogen-bond acceptors (Lipinski definition) is 3. The van der Waals surface area contributed by atoms with E-state index < -0.39 is 11.7 Å². The largest absolute Gasteiger partial charge is 0.496 e. The molecule has 5 heteroatoms. The van der Waals surface area contributed by atoms with Crippen LogP contribution in [0, 0.1) is 12.7 Å². The molecule has 0 radical (unpaired) electrons. The fourth-order valence-corrected chi connectivity index (χ4v) is 1.58.